The van der Waals surface area contributed by atoms with Crippen LogP contribution in [0.3, 0.4) is 0 Å². The first-order valence-electron chi connectivity index (χ1n) is 9.65. The van der Waals surface area contributed by atoms with Crippen molar-refractivity contribution in [2.75, 3.05) is 6.54 Å². The van der Waals surface area contributed by atoms with Crippen LogP contribution in [0, 0.1) is 5.92 Å². The highest BCUT2D eigenvalue weighted by Gasteiger charge is 2.36. The molecule has 1 atom stereocenters. The molecule has 0 unspecified atom stereocenters. The number of aryl methyl sites for hydroxylation is 1. The molecule has 1 amide bonds. The molecule has 1 N–H and O–H groups in total. The van der Waals surface area contributed by atoms with Crippen molar-refractivity contribution in [3.63, 3.8) is 0 Å². The standard InChI is InChI=1S/C23H25F3N2O/c1-15(2)13-27-22(29)12-18(16-8-4-6-10-20(16)23(24,25)26)19-14-28(3)21-11-7-5-9-17(19)21/h4-11,14-15,18H,12-13H2,1-3H3,(H,27,29)/t18-/m1/s1. The molecule has 3 nitrogen and oxygen atoms in total. The normalized spacial score (nSPS) is 13.1. The Morgan fingerprint density at radius 3 is 2.38 bits per heavy atom. The Morgan fingerprint density at radius 1 is 1.03 bits per heavy atom. The predicted molar refractivity (Wildman–Crippen MR) is 109 cm³/mol. The molecule has 1 aromatic heterocycles. The first-order valence-corrected chi connectivity index (χ1v) is 9.65. The maximum Gasteiger partial charge on any atom is 0.416 e. The van der Waals surface area contributed by atoms with Crippen molar-refractivity contribution in [2.45, 2.75) is 32.4 Å². The third-order valence-corrected chi connectivity index (χ3v) is 5.04. The summed E-state index contributed by atoms with van der Waals surface area (Å²) in [6.45, 7) is 4.44. The lowest BCUT2D eigenvalue weighted by Crippen LogP contribution is -2.29. The molecule has 6 heteroatoms. The number of hydrogen-bond acceptors (Lipinski definition) is 1. The van der Waals surface area contributed by atoms with Gasteiger partial charge < -0.3 is 9.88 Å². The van der Waals surface area contributed by atoms with Crippen LogP contribution in [0.2, 0.25) is 0 Å². The van der Waals surface area contributed by atoms with Crippen LogP contribution in [-0.4, -0.2) is 17.0 Å². The van der Waals surface area contributed by atoms with Gasteiger partial charge in [-0.15, -0.1) is 0 Å². The fourth-order valence-electron chi connectivity index (χ4n) is 3.67. The molecule has 29 heavy (non-hydrogen) atoms. The number of nitrogens with zero attached hydrogens (tertiary/aromatic N) is 1. The van der Waals surface area contributed by atoms with Crippen molar-refractivity contribution in [2.24, 2.45) is 13.0 Å². The van der Waals surface area contributed by atoms with Crippen LogP contribution in [0.1, 0.15) is 42.9 Å². The number of carbonyl (C=O) groups is 1. The molecule has 0 saturated heterocycles. The van der Waals surface area contributed by atoms with Gasteiger partial charge in [0.05, 0.1) is 5.56 Å². The van der Waals surface area contributed by atoms with Crippen LogP contribution in [0.5, 0.6) is 0 Å². The molecule has 0 aliphatic rings. The lowest BCUT2D eigenvalue weighted by atomic mass is 9.85. The Morgan fingerprint density at radius 2 is 1.69 bits per heavy atom. The van der Waals surface area contributed by atoms with E-state index in [1.165, 1.54) is 12.1 Å². The molecule has 1 heterocycles. The molecule has 3 aromatic rings. The summed E-state index contributed by atoms with van der Waals surface area (Å²) in [7, 11) is 1.86. The summed E-state index contributed by atoms with van der Waals surface area (Å²) < 4.78 is 43.1. The van der Waals surface area contributed by atoms with E-state index in [2.05, 4.69) is 5.32 Å². The van der Waals surface area contributed by atoms with Crippen molar-refractivity contribution < 1.29 is 18.0 Å². The number of halogens is 3. The zero-order chi connectivity index (χ0) is 21.2. The number of hydrogen-bond donors (Lipinski definition) is 1. The van der Waals surface area contributed by atoms with Crippen molar-refractivity contribution in [1.29, 1.82) is 0 Å². The van der Waals surface area contributed by atoms with Crippen molar-refractivity contribution in [3.8, 4) is 0 Å². The van der Waals surface area contributed by atoms with E-state index >= 15 is 0 Å². The maximum atomic E-state index is 13.7. The van der Waals surface area contributed by atoms with Crippen molar-refractivity contribution >= 4 is 16.8 Å². The Hall–Kier alpha value is -2.76. The number of amides is 1. The summed E-state index contributed by atoms with van der Waals surface area (Å²) >= 11 is 0. The minimum Gasteiger partial charge on any atom is -0.356 e. The smallest absolute Gasteiger partial charge is 0.356 e. The van der Waals surface area contributed by atoms with E-state index in [9.17, 15) is 18.0 Å². The van der Waals surface area contributed by atoms with Crippen molar-refractivity contribution in [3.05, 3.63) is 71.4 Å². The van der Waals surface area contributed by atoms with E-state index in [0.29, 0.717) is 6.54 Å². The highest BCUT2D eigenvalue weighted by atomic mass is 19.4. The summed E-state index contributed by atoms with van der Waals surface area (Å²) in [5.74, 6) is -0.697. The molecule has 0 saturated carbocycles. The number of rotatable bonds is 6. The molecule has 0 aliphatic heterocycles. The SMILES string of the molecule is CC(C)CNC(=O)C[C@H](c1ccccc1C(F)(F)F)c1cn(C)c2ccccc12. The predicted octanol–water partition coefficient (Wildman–Crippen LogP) is 5.49. The summed E-state index contributed by atoms with van der Waals surface area (Å²) in [4.78, 5) is 12.6. The highest BCUT2D eigenvalue weighted by Crippen LogP contribution is 2.41. The molecule has 0 bridgehead atoms. The Labute approximate surface area is 168 Å². The quantitative estimate of drug-likeness (QED) is 0.581. The summed E-state index contributed by atoms with van der Waals surface area (Å²) in [5, 5.41) is 3.69. The van der Waals surface area contributed by atoms with Gasteiger partial charge >= 0.3 is 6.18 Å². The number of fused-ring (bicyclic) bond motifs is 1. The van der Waals surface area contributed by atoms with E-state index in [1.807, 2.05) is 55.9 Å². The minimum absolute atomic E-state index is 0.0478. The molecule has 0 fully saturated rings. The van der Waals surface area contributed by atoms with Gasteiger partial charge in [0.15, 0.2) is 0 Å². The number of para-hydroxylation sites is 1. The molecule has 0 radical (unpaired) electrons. The molecule has 3 rings (SSSR count). The molecule has 0 aliphatic carbocycles. The zero-order valence-electron chi connectivity index (χ0n) is 16.8. The molecule has 0 spiro atoms. The number of benzene rings is 2. The van der Waals surface area contributed by atoms with E-state index < -0.39 is 17.7 Å². The Kier molecular flexibility index (Phi) is 6.01. The van der Waals surface area contributed by atoms with Gasteiger partial charge in [-0.3, -0.25) is 4.79 Å². The lowest BCUT2D eigenvalue weighted by Gasteiger charge is -2.22. The van der Waals surface area contributed by atoms with Gasteiger partial charge in [0.2, 0.25) is 5.91 Å². The van der Waals surface area contributed by atoms with Gasteiger partial charge in [-0.05, 0) is 29.2 Å². The number of carbonyl (C=O) groups excluding carboxylic acids is 1. The van der Waals surface area contributed by atoms with Gasteiger partial charge in [-0.1, -0.05) is 50.2 Å². The minimum atomic E-state index is -4.49. The average molecular weight is 402 g/mol. The van der Waals surface area contributed by atoms with Crippen molar-refractivity contribution in [1.82, 2.24) is 9.88 Å². The number of alkyl halides is 3. The van der Waals surface area contributed by atoms with E-state index in [1.54, 1.807) is 6.07 Å². The number of aromatic nitrogens is 1. The van der Waals surface area contributed by atoms with E-state index in [0.717, 1.165) is 22.5 Å². The average Bonchev–Trinajstić information content (AvgIpc) is 3.00. The first kappa shape index (κ1) is 21.0. The van der Waals surface area contributed by atoms with Gasteiger partial charge in [0, 0.05) is 43.0 Å². The van der Waals surface area contributed by atoms with Crippen LogP contribution in [0.25, 0.3) is 10.9 Å². The second-order valence-corrected chi connectivity index (χ2v) is 7.75. The third kappa shape index (κ3) is 4.63. The second-order valence-electron chi connectivity index (χ2n) is 7.75. The monoisotopic (exact) mass is 402 g/mol. The van der Waals surface area contributed by atoms with Gasteiger partial charge in [0.1, 0.15) is 0 Å². The van der Waals surface area contributed by atoms with Crippen LogP contribution in [-0.2, 0) is 18.0 Å². The third-order valence-electron chi connectivity index (χ3n) is 5.04. The van der Waals surface area contributed by atoms with Gasteiger partial charge in [-0.2, -0.15) is 13.2 Å². The van der Waals surface area contributed by atoms with Crippen LogP contribution in [0.4, 0.5) is 13.2 Å². The van der Waals surface area contributed by atoms with Crippen LogP contribution < -0.4 is 5.32 Å². The van der Waals surface area contributed by atoms with Gasteiger partial charge in [0.25, 0.3) is 0 Å². The Bertz CT molecular complexity index is 1000. The fourth-order valence-corrected chi connectivity index (χ4v) is 3.67. The van der Waals surface area contributed by atoms with E-state index in [-0.39, 0.29) is 23.8 Å². The largest absolute Gasteiger partial charge is 0.416 e. The molecular formula is C23H25F3N2O. The highest BCUT2D eigenvalue weighted by molar-refractivity contribution is 5.86. The van der Waals surface area contributed by atoms with Crippen LogP contribution in [0.15, 0.2) is 54.7 Å². The lowest BCUT2D eigenvalue weighted by molar-refractivity contribution is -0.138. The second kappa shape index (κ2) is 8.31. The fraction of sp³-hybridized carbons (Fsp3) is 0.348. The van der Waals surface area contributed by atoms with Crippen LogP contribution >= 0.6 is 0 Å². The van der Waals surface area contributed by atoms with E-state index in [4.69, 9.17) is 0 Å². The first-order chi connectivity index (χ1) is 13.7. The molecular weight excluding hydrogens is 377 g/mol. The summed E-state index contributed by atoms with van der Waals surface area (Å²) in [6, 6.07) is 13.1. The zero-order valence-corrected chi connectivity index (χ0v) is 16.8. The number of nitrogens with one attached hydrogen (secondary N) is 1. The Balaban J connectivity index is 2.12. The maximum absolute atomic E-state index is 13.7. The van der Waals surface area contributed by atoms with Gasteiger partial charge in [-0.25, -0.2) is 0 Å². The topological polar surface area (TPSA) is 34.0 Å². The summed E-state index contributed by atoms with van der Waals surface area (Å²) in [5.41, 5.74) is 1.06. The molecule has 154 valence electrons. The summed E-state index contributed by atoms with van der Waals surface area (Å²) in [6.07, 6.45) is -2.71. The molecule has 2 aromatic carbocycles.